The Morgan fingerprint density at radius 1 is 1.27 bits per heavy atom. The third-order valence-electron chi connectivity index (χ3n) is 4.85. The van der Waals surface area contributed by atoms with E-state index in [1.807, 2.05) is 13.8 Å². The van der Waals surface area contributed by atoms with E-state index < -0.39 is 22.3 Å². The third kappa shape index (κ3) is 6.18. The molecule has 0 saturated carbocycles. The summed E-state index contributed by atoms with van der Waals surface area (Å²) in [6, 6.07) is 5.95. The first kappa shape index (κ1) is 24.1. The second kappa shape index (κ2) is 10.8. The maximum atomic E-state index is 12.9. The van der Waals surface area contributed by atoms with E-state index in [-0.39, 0.29) is 48.8 Å². The molecule has 0 aliphatic carbocycles. The molecular weight excluding hydrogens is 414 g/mol. The van der Waals surface area contributed by atoms with Gasteiger partial charge in [0, 0.05) is 19.5 Å². The Morgan fingerprint density at radius 3 is 2.47 bits per heavy atom. The molecule has 10 heteroatoms. The van der Waals surface area contributed by atoms with Gasteiger partial charge >= 0.3 is 5.97 Å². The van der Waals surface area contributed by atoms with Crippen LogP contribution >= 0.6 is 0 Å². The van der Waals surface area contributed by atoms with Crippen LogP contribution in [0.3, 0.4) is 0 Å². The maximum absolute atomic E-state index is 12.9. The summed E-state index contributed by atoms with van der Waals surface area (Å²) in [5.74, 6) is -0.620. The number of hydrogen-bond donors (Lipinski definition) is 2. The van der Waals surface area contributed by atoms with Crippen LogP contribution in [0.2, 0.25) is 0 Å². The number of nitrogens with zero attached hydrogens (tertiary/aromatic N) is 1. The number of methoxy groups -OCH3 is 1. The normalized spacial score (nSPS) is 19.5. The molecule has 0 saturated heterocycles. The van der Waals surface area contributed by atoms with Crippen LogP contribution in [0.1, 0.15) is 20.3 Å². The molecule has 2 atom stereocenters. The Morgan fingerprint density at radius 2 is 1.93 bits per heavy atom. The number of hydrogen-bond acceptors (Lipinski definition) is 7. The fourth-order valence-electron chi connectivity index (χ4n) is 3.05. The standard InChI is InChI=1S/C20H29NO8S/c1-14(2)15-12-18(20(23)24)29-19(13-15)28-11-9-21(8-10-22)30(25,26)17-6-4-16(27-3)5-7-17/h4-7,12,14-15,19,22H,8-11,13H2,1-3H3,(H,23,24). The molecule has 1 aliphatic rings. The number of ether oxygens (including phenoxy) is 3. The van der Waals surface area contributed by atoms with Gasteiger partial charge in [-0.05, 0) is 42.2 Å². The van der Waals surface area contributed by atoms with E-state index in [9.17, 15) is 23.4 Å². The number of carboxylic acids is 1. The summed E-state index contributed by atoms with van der Waals surface area (Å²) in [4.78, 5) is 11.4. The van der Waals surface area contributed by atoms with Crippen LogP contribution in [0, 0.1) is 11.8 Å². The molecule has 1 aromatic rings. The van der Waals surface area contributed by atoms with E-state index in [2.05, 4.69) is 0 Å². The average molecular weight is 444 g/mol. The summed E-state index contributed by atoms with van der Waals surface area (Å²) in [7, 11) is -2.36. The van der Waals surface area contributed by atoms with Gasteiger partial charge in [-0.15, -0.1) is 0 Å². The van der Waals surface area contributed by atoms with Crippen molar-refractivity contribution in [1.29, 1.82) is 0 Å². The zero-order valence-corrected chi connectivity index (χ0v) is 18.2. The molecule has 168 valence electrons. The number of benzene rings is 1. The monoisotopic (exact) mass is 443 g/mol. The van der Waals surface area contributed by atoms with Gasteiger partial charge in [0.1, 0.15) is 5.75 Å². The number of carbonyl (C=O) groups is 1. The van der Waals surface area contributed by atoms with Crippen molar-refractivity contribution in [3.63, 3.8) is 0 Å². The van der Waals surface area contributed by atoms with Crippen LogP contribution in [0.4, 0.5) is 0 Å². The Kier molecular flexibility index (Phi) is 8.65. The molecule has 2 unspecified atom stereocenters. The molecule has 30 heavy (non-hydrogen) atoms. The van der Waals surface area contributed by atoms with Crippen molar-refractivity contribution in [2.24, 2.45) is 11.8 Å². The molecular formula is C20H29NO8S. The summed E-state index contributed by atoms with van der Waals surface area (Å²) in [5.41, 5.74) is 0. The predicted octanol–water partition coefficient (Wildman–Crippen LogP) is 1.68. The first-order valence-corrected chi connectivity index (χ1v) is 11.1. The van der Waals surface area contributed by atoms with Gasteiger partial charge in [-0.1, -0.05) is 13.8 Å². The number of carboxylic acid groups (broad SMARTS) is 1. The number of aliphatic carboxylic acids is 1. The van der Waals surface area contributed by atoms with E-state index in [4.69, 9.17) is 14.2 Å². The van der Waals surface area contributed by atoms with Crippen molar-refractivity contribution in [1.82, 2.24) is 4.31 Å². The molecule has 1 aromatic carbocycles. The van der Waals surface area contributed by atoms with Crippen molar-refractivity contribution in [2.45, 2.75) is 31.5 Å². The van der Waals surface area contributed by atoms with Crippen LogP contribution in [-0.4, -0.2) is 68.6 Å². The summed E-state index contributed by atoms with van der Waals surface area (Å²) in [6.07, 6.45) is 1.27. The minimum Gasteiger partial charge on any atom is -0.497 e. The molecule has 0 amide bonds. The lowest BCUT2D eigenvalue weighted by Crippen LogP contribution is -2.38. The van der Waals surface area contributed by atoms with Crippen molar-refractivity contribution in [3.05, 3.63) is 36.1 Å². The lowest BCUT2D eigenvalue weighted by molar-refractivity contribution is -0.160. The SMILES string of the molecule is COc1ccc(S(=O)(=O)N(CCO)CCOC2CC(C(C)C)C=C(C(=O)O)O2)cc1. The van der Waals surface area contributed by atoms with Crippen LogP contribution in [0.25, 0.3) is 0 Å². The maximum Gasteiger partial charge on any atom is 0.370 e. The van der Waals surface area contributed by atoms with E-state index in [1.165, 1.54) is 19.2 Å². The van der Waals surface area contributed by atoms with Gasteiger partial charge in [0.05, 0.1) is 25.2 Å². The fourth-order valence-corrected chi connectivity index (χ4v) is 4.46. The smallest absolute Gasteiger partial charge is 0.370 e. The van der Waals surface area contributed by atoms with E-state index in [0.717, 1.165) is 4.31 Å². The third-order valence-corrected chi connectivity index (χ3v) is 6.76. The first-order chi connectivity index (χ1) is 14.2. The second-order valence-corrected chi connectivity index (χ2v) is 9.14. The van der Waals surface area contributed by atoms with Crippen molar-refractivity contribution in [3.8, 4) is 5.75 Å². The quantitative estimate of drug-likeness (QED) is 0.530. The van der Waals surface area contributed by atoms with E-state index in [1.54, 1.807) is 18.2 Å². The fraction of sp³-hybridized carbons (Fsp3) is 0.550. The number of rotatable bonds is 11. The molecule has 0 fully saturated rings. The van der Waals surface area contributed by atoms with Crippen LogP contribution in [-0.2, 0) is 24.3 Å². The van der Waals surface area contributed by atoms with Gasteiger partial charge in [0.2, 0.25) is 22.1 Å². The highest BCUT2D eigenvalue weighted by molar-refractivity contribution is 7.89. The lowest BCUT2D eigenvalue weighted by Gasteiger charge is -2.30. The molecule has 0 radical (unpaired) electrons. The first-order valence-electron chi connectivity index (χ1n) is 9.67. The summed E-state index contributed by atoms with van der Waals surface area (Å²) < 4.78 is 43.0. The van der Waals surface area contributed by atoms with Crippen molar-refractivity contribution >= 4 is 16.0 Å². The minimum absolute atomic E-state index is 0.0161. The topological polar surface area (TPSA) is 123 Å². The largest absolute Gasteiger partial charge is 0.497 e. The van der Waals surface area contributed by atoms with E-state index in [0.29, 0.717) is 12.2 Å². The molecule has 0 spiro atoms. The summed E-state index contributed by atoms with van der Waals surface area (Å²) in [5, 5.41) is 18.5. The molecule has 2 rings (SSSR count). The van der Waals surface area contributed by atoms with Crippen LogP contribution < -0.4 is 4.74 Å². The summed E-state index contributed by atoms with van der Waals surface area (Å²) >= 11 is 0. The molecule has 1 aliphatic heterocycles. The Bertz CT molecular complexity index is 835. The molecule has 1 heterocycles. The zero-order valence-electron chi connectivity index (χ0n) is 17.4. The molecule has 2 N–H and O–H groups in total. The lowest BCUT2D eigenvalue weighted by atomic mass is 9.90. The van der Waals surface area contributed by atoms with Gasteiger partial charge in [-0.3, -0.25) is 0 Å². The second-order valence-electron chi connectivity index (χ2n) is 7.20. The number of aliphatic hydroxyl groups excluding tert-OH is 1. The zero-order chi connectivity index (χ0) is 22.3. The highest BCUT2D eigenvalue weighted by atomic mass is 32.2. The number of sulfonamides is 1. The highest BCUT2D eigenvalue weighted by Gasteiger charge is 2.30. The van der Waals surface area contributed by atoms with E-state index >= 15 is 0 Å². The minimum atomic E-state index is -3.85. The van der Waals surface area contributed by atoms with Crippen molar-refractivity contribution < 1.29 is 37.6 Å². The Balaban J connectivity index is 2.03. The Hall–Kier alpha value is -2.14. The Labute approximate surface area is 176 Å². The van der Waals surface area contributed by atoms with Gasteiger partial charge in [0.15, 0.2) is 0 Å². The van der Waals surface area contributed by atoms with Gasteiger partial charge < -0.3 is 24.4 Å². The number of allylic oxidation sites excluding steroid dienone is 1. The van der Waals surface area contributed by atoms with Crippen LogP contribution in [0.15, 0.2) is 41.0 Å². The highest BCUT2D eigenvalue weighted by Crippen LogP contribution is 2.28. The average Bonchev–Trinajstić information content (AvgIpc) is 2.72. The number of aliphatic hydroxyl groups is 1. The van der Waals surface area contributed by atoms with Gasteiger partial charge in [-0.25, -0.2) is 13.2 Å². The van der Waals surface area contributed by atoms with Gasteiger partial charge in [-0.2, -0.15) is 4.31 Å². The summed E-state index contributed by atoms with van der Waals surface area (Å²) in [6.45, 7) is 3.47. The van der Waals surface area contributed by atoms with Crippen LogP contribution in [0.5, 0.6) is 5.75 Å². The van der Waals surface area contributed by atoms with Crippen molar-refractivity contribution in [2.75, 3.05) is 33.4 Å². The molecule has 0 bridgehead atoms. The molecule has 9 nitrogen and oxygen atoms in total. The van der Waals surface area contributed by atoms with Gasteiger partial charge in [0.25, 0.3) is 0 Å². The molecule has 0 aromatic heterocycles. The predicted molar refractivity (Wildman–Crippen MR) is 108 cm³/mol.